The molecule has 0 saturated heterocycles. The third-order valence-electron chi connectivity index (χ3n) is 4.08. The molecule has 0 fully saturated rings. The molecule has 3 aromatic rings. The van der Waals surface area contributed by atoms with E-state index in [1.165, 1.54) is 5.69 Å². The molecule has 0 spiro atoms. The van der Waals surface area contributed by atoms with E-state index in [0.717, 1.165) is 48.5 Å². The summed E-state index contributed by atoms with van der Waals surface area (Å²) in [6.45, 7) is 6.54. The van der Waals surface area contributed by atoms with Crippen molar-refractivity contribution in [3.8, 4) is 22.6 Å². The number of benzene rings is 1. The van der Waals surface area contributed by atoms with Gasteiger partial charge in [-0.05, 0) is 37.1 Å². The highest BCUT2D eigenvalue weighted by Crippen LogP contribution is 2.30. The lowest BCUT2D eigenvalue weighted by Gasteiger charge is -2.25. The Bertz CT molecular complexity index is 742. The van der Waals surface area contributed by atoms with Crippen molar-refractivity contribution in [1.29, 1.82) is 0 Å². The summed E-state index contributed by atoms with van der Waals surface area (Å²) in [5.41, 5.74) is 4.48. The second-order valence-corrected chi connectivity index (χ2v) is 5.91. The third kappa shape index (κ3) is 3.51. The predicted molar refractivity (Wildman–Crippen MR) is 100 cm³/mol. The number of rotatable bonds is 7. The van der Waals surface area contributed by atoms with Gasteiger partial charge < -0.3 is 9.32 Å². The Morgan fingerprint density at radius 1 is 0.875 bits per heavy atom. The predicted octanol–water partition coefficient (Wildman–Crippen LogP) is 5.64. The number of hydrogen-bond donors (Lipinski definition) is 0. The molecule has 0 N–H and O–H groups in total. The van der Waals surface area contributed by atoms with Crippen LogP contribution in [0, 0.1) is 0 Å². The Morgan fingerprint density at radius 2 is 1.58 bits per heavy atom. The Morgan fingerprint density at radius 3 is 2.21 bits per heavy atom. The highest BCUT2D eigenvalue weighted by Gasteiger charge is 2.13. The summed E-state index contributed by atoms with van der Waals surface area (Å²) in [5, 5.41) is 0. The number of anilines is 1. The fraction of sp³-hybridized carbons (Fsp3) is 0.286. The van der Waals surface area contributed by atoms with Gasteiger partial charge in [0.15, 0.2) is 0 Å². The van der Waals surface area contributed by atoms with E-state index in [1.54, 1.807) is 6.26 Å². The number of hydrogen-bond acceptors (Lipinski definition) is 3. The molecule has 0 bridgehead atoms. The topological polar surface area (TPSA) is 29.3 Å². The normalized spacial score (nSPS) is 10.8. The smallest absolute Gasteiger partial charge is 0.133 e. The van der Waals surface area contributed by atoms with Gasteiger partial charge in [-0.3, -0.25) is 4.98 Å². The van der Waals surface area contributed by atoms with E-state index in [1.807, 2.05) is 24.4 Å². The Balaban J connectivity index is 1.94. The maximum Gasteiger partial charge on any atom is 0.133 e. The van der Waals surface area contributed by atoms with Gasteiger partial charge in [-0.2, -0.15) is 0 Å². The van der Waals surface area contributed by atoms with Crippen LogP contribution in [0.4, 0.5) is 5.69 Å². The quantitative estimate of drug-likeness (QED) is 0.564. The van der Waals surface area contributed by atoms with Crippen LogP contribution in [0.2, 0.25) is 0 Å². The molecule has 0 unspecified atom stereocenters. The molecule has 3 nitrogen and oxygen atoms in total. The highest BCUT2D eigenvalue weighted by molar-refractivity contribution is 5.76. The molecule has 24 heavy (non-hydrogen) atoms. The molecule has 1 aromatic carbocycles. The first-order valence-corrected chi connectivity index (χ1v) is 8.67. The van der Waals surface area contributed by atoms with Gasteiger partial charge in [-0.1, -0.05) is 38.1 Å². The highest BCUT2D eigenvalue weighted by atomic mass is 16.3. The van der Waals surface area contributed by atoms with E-state index in [0.29, 0.717) is 0 Å². The lowest BCUT2D eigenvalue weighted by atomic mass is 10.1. The summed E-state index contributed by atoms with van der Waals surface area (Å²) in [6.07, 6.45) is 5.83. The zero-order valence-electron chi connectivity index (χ0n) is 14.4. The average molecular weight is 320 g/mol. The van der Waals surface area contributed by atoms with Crippen molar-refractivity contribution in [3.05, 3.63) is 61.0 Å². The minimum absolute atomic E-state index is 0.890. The summed E-state index contributed by atoms with van der Waals surface area (Å²) in [6, 6.07) is 16.5. The van der Waals surface area contributed by atoms with Gasteiger partial charge >= 0.3 is 0 Å². The minimum atomic E-state index is 0.890. The van der Waals surface area contributed by atoms with Crippen molar-refractivity contribution in [3.63, 3.8) is 0 Å². The van der Waals surface area contributed by atoms with Crippen LogP contribution in [0.1, 0.15) is 26.7 Å². The van der Waals surface area contributed by atoms with Crippen molar-refractivity contribution in [2.45, 2.75) is 26.7 Å². The van der Waals surface area contributed by atoms with Gasteiger partial charge in [0.25, 0.3) is 0 Å². The average Bonchev–Trinajstić information content (AvgIpc) is 3.16. The number of nitrogens with zero attached hydrogens (tertiary/aromatic N) is 2. The van der Waals surface area contributed by atoms with Crippen molar-refractivity contribution < 1.29 is 4.42 Å². The molecular weight excluding hydrogens is 296 g/mol. The lowest BCUT2D eigenvalue weighted by Crippen LogP contribution is -2.25. The first kappa shape index (κ1) is 16.3. The van der Waals surface area contributed by atoms with Crippen LogP contribution in [0.5, 0.6) is 0 Å². The van der Waals surface area contributed by atoms with Gasteiger partial charge in [0.1, 0.15) is 5.76 Å². The fourth-order valence-electron chi connectivity index (χ4n) is 3.00. The van der Waals surface area contributed by atoms with Crippen LogP contribution < -0.4 is 4.90 Å². The second-order valence-electron chi connectivity index (χ2n) is 5.91. The molecule has 0 aliphatic heterocycles. The molecule has 3 rings (SSSR count). The molecular formula is C21H24N2O. The maximum atomic E-state index is 5.47. The van der Waals surface area contributed by atoms with Gasteiger partial charge in [0, 0.05) is 30.4 Å². The molecule has 0 aliphatic carbocycles. The lowest BCUT2D eigenvalue weighted by molar-refractivity contribution is 0.582. The van der Waals surface area contributed by atoms with Crippen molar-refractivity contribution in [2.75, 3.05) is 18.0 Å². The van der Waals surface area contributed by atoms with E-state index in [2.05, 4.69) is 54.1 Å². The molecule has 0 amide bonds. The third-order valence-corrected chi connectivity index (χ3v) is 4.08. The van der Waals surface area contributed by atoms with E-state index >= 15 is 0 Å². The summed E-state index contributed by atoms with van der Waals surface area (Å²) in [4.78, 5) is 7.09. The molecule has 124 valence electrons. The molecule has 2 heterocycles. The molecule has 0 aliphatic rings. The fourth-order valence-corrected chi connectivity index (χ4v) is 3.00. The maximum absolute atomic E-state index is 5.47. The zero-order chi connectivity index (χ0) is 16.8. The Labute approximate surface area is 144 Å². The molecule has 3 heteroatoms. The minimum Gasteiger partial charge on any atom is -0.464 e. The van der Waals surface area contributed by atoms with Crippen LogP contribution in [0.25, 0.3) is 22.6 Å². The van der Waals surface area contributed by atoms with Crippen LogP contribution in [0.15, 0.2) is 65.4 Å². The van der Waals surface area contributed by atoms with E-state index < -0.39 is 0 Å². The Hall–Kier alpha value is -2.55. The molecule has 0 atom stereocenters. The molecule has 2 aromatic heterocycles. The van der Waals surface area contributed by atoms with Crippen LogP contribution in [-0.2, 0) is 0 Å². The monoisotopic (exact) mass is 320 g/mol. The van der Waals surface area contributed by atoms with E-state index in [-0.39, 0.29) is 0 Å². The molecule has 0 saturated carbocycles. The van der Waals surface area contributed by atoms with Gasteiger partial charge in [-0.15, -0.1) is 0 Å². The first-order chi connectivity index (χ1) is 11.8. The van der Waals surface area contributed by atoms with Gasteiger partial charge in [0.2, 0.25) is 0 Å². The summed E-state index contributed by atoms with van der Waals surface area (Å²) >= 11 is 0. The van der Waals surface area contributed by atoms with Crippen LogP contribution in [-0.4, -0.2) is 18.1 Å². The SMILES string of the molecule is CCCN(CCC)c1cccnc1-c1ccc(-c2ccco2)cc1. The van der Waals surface area contributed by atoms with E-state index in [9.17, 15) is 0 Å². The van der Waals surface area contributed by atoms with E-state index in [4.69, 9.17) is 4.42 Å². The van der Waals surface area contributed by atoms with Crippen LogP contribution in [0.3, 0.4) is 0 Å². The van der Waals surface area contributed by atoms with Crippen LogP contribution >= 0.6 is 0 Å². The summed E-state index contributed by atoms with van der Waals surface area (Å²) in [5.74, 6) is 0.890. The Kier molecular flexibility index (Phi) is 5.32. The number of pyridine rings is 1. The van der Waals surface area contributed by atoms with Gasteiger partial charge in [-0.25, -0.2) is 0 Å². The standard InChI is InChI=1S/C21H24N2O/c1-3-14-23(15-4-2)19-7-5-13-22-21(19)18-11-9-17(10-12-18)20-8-6-16-24-20/h5-13,16H,3-4,14-15H2,1-2H3. The van der Waals surface area contributed by atoms with Gasteiger partial charge in [0.05, 0.1) is 17.6 Å². The molecule has 0 radical (unpaired) electrons. The second kappa shape index (κ2) is 7.82. The number of aromatic nitrogens is 1. The summed E-state index contributed by atoms with van der Waals surface area (Å²) in [7, 11) is 0. The summed E-state index contributed by atoms with van der Waals surface area (Å²) < 4.78 is 5.47. The zero-order valence-corrected chi connectivity index (χ0v) is 14.4. The van der Waals surface area contributed by atoms with Crippen molar-refractivity contribution in [2.24, 2.45) is 0 Å². The van der Waals surface area contributed by atoms with Crippen molar-refractivity contribution >= 4 is 5.69 Å². The van der Waals surface area contributed by atoms with Crippen molar-refractivity contribution in [1.82, 2.24) is 4.98 Å². The largest absolute Gasteiger partial charge is 0.464 e. The number of furan rings is 1. The first-order valence-electron chi connectivity index (χ1n) is 8.67.